The maximum absolute atomic E-state index is 13.8. The number of halogens is 1. The van der Waals surface area contributed by atoms with Crippen LogP contribution >= 0.6 is 15.9 Å². The van der Waals surface area contributed by atoms with Crippen molar-refractivity contribution in [3.63, 3.8) is 0 Å². The Labute approximate surface area is 246 Å². The summed E-state index contributed by atoms with van der Waals surface area (Å²) >= 11 is 3.45. The molecule has 0 unspecified atom stereocenters. The van der Waals surface area contributed by atoms with Crippen LogP contribution < -0.4 is 9.62 Å². The molecule has 7 nitrogen and oxygen atoms in total. The molecule has 40 heavy (non-hydrogen) atoms. The van der Waals surface area contributed by atoms with Crippen molar-refractivity contribution in [2.75, 3.05) is 17.1 Å². The second-order valence-corrected chi connectivity index (χ2v) is 13.1. The lowest BCUT2D eigenvalue weighted by atomic mass is 10.0. The van der Waals surface area contributed by atoms with Crippen molar-refractivity contribution < 1.29 is 18.0 Å². The Kier molecular flexibility index (Phi) is 11.3. The summed E-state index contributed by atoms with van der Waals surface area (Å²) in [5, 5.41) is 2.99. The van der Waals surface area contributed by atoms with Crippen molar-refractivity contribution >= 4 is 43.5 Å². The Bertz CT molecular complexity index is 1380. The van der Waals surface area contributed by atoms with Crippen molar-refractivity contribution in [3.8, 4) is 0 Å². The van der Waals surface area contributed by atoms with Crippen LogP contribution in [0.4, 0.5) is 5.69 Å². The van der Waals surface area contributed by atoms with Gasteiger partial charge in [-0.25, -0.2) is 8.42 Å². The number of amides is 2. The second-order valence-electron chi connectivity index (χ2n) is 10.3. The predicted molar refractivity (Wildman–Crippen MR) is 165 cm³/mol. The fourth-order valence-corrected chi connectivity index (χ4v) is 5.73. The van der Waals surface area contributed by atoms with Gasteiger partial charge in [0, 0.05) is 36.4 Å². The molecule has 0 fully saturated rings. The van der Waals surface area contributed by atoms with Gasteiger partial charge in [-0.2, -0.15) is 0 Å². The zero-order valence-electron chi connectivity index (χ0n) is 23.5. The molecule has 0 radical (unpaired) electrons. The summed E-state index contributed by atoms with van der Waals surface area (Å²) < 4.78 is 27.5. The second kappa shape index (κ2) is 14.5. The SMILES string of the molecule is Cc1cccc(N(CCCC(=O)N(Cc2ccc(Br)cc2)[C@H](Cc2ccccc2)C(=O)NC(C)C)S(C)(=O)=O)c1. The van der Waals surface area contributed by atoms with E-state index in [2.05, 4.69) is 21.2 Å². The number of aryl methyl sites for hydroxylation is 1. The largest absolute Gasteiger partial charge is 0.352 e. The Morgan fingerprint density at radius 3 is 2.20 bits per heavy atom. The van der Waals surface area contributed by atoms with E-state index in [9.17, 15) is 18.0 Å². The highest BCUT2D eigenvalue weighted by atomic mass is 79.9. The van der Waals surface area contributed by atoms with Crippen LogP contribution in [-0.2, 0) is 32.6 Å². The lowest BCUT2D eigenvalue weighted by Crippen LogP contribution is -2.51. The zero-order valence-corrected chi connectivity index (χ0v) is 25.9. The lowest BCUT2D eigenvalue weighted by molar-refractivity contribution is -0.141. The van der Waals surface area contributed by atoms with Crippen LogP contribution in [0.15, 0.2) is 83.3 Å². The third-order valence-electron chi connectivity index (χ3n) is 6.41. The maximum Gasteiger partial charge on any atom is 0.243 e. The average molecular weight is 629 g/mol. The van der Waals surface area contributed by atoms with Crippen molar-refractivity contribution in [1.29, 1.82) is 0 Å². The third-order valence-corrected chi connectivity index (χ3v) is 8.13. The molecular formula is C31H38BrN3O4S. The van der Waals surface area contributed by atoms with E-state index in [1.807, 2.05) is 93.6 Å². The number of nitrogens with one attached hydrogen (secondary N) is 1. The summed E-state index contributed by atoms with van der Waals surface area (Å²) in [6, 6.07) is 23.8. The average Bonchev–Trinajstić information content (AvgIpc) is 2.89. The highest BCUT2D eigenvalue weighted by molar-refractivity contribution is 9.10. The molecule has 0 aliphatic carbocycles. The van der Waals surface area contributed by atoms with Gasteiger partial charge < -0.3 is 10.2 Å². The van der Waals surface area contributed by atoms with Gasteiger partial charge in [0.1, 0.15) is 6.04 Å². The van der Waals surface area contributed by atoms with Gasteiger partial charge >= 0.3 is 0 Å². The van der Waals surface area contributed by atoms with E-state index in [0.29, 0.717) is 18.5 Å². The number of benzene rings is 3. The number of hydrogen-bond donors (Lipinski definition) is 1. The molecule has 0 aliphatic heterocycles. The molecule has 0 bridgehead atoms. The van der Waals surface area contributed by atoms with Gasteiger partial charge in [0.2, 0.25) is 21.8 Å². The molecule has 0 saturated heterocycles. The number of sulfonamides is 1. The summed E-state index contributed by atoms with van der Waals surface area (Å²) in [7, 11) is -3.55. The zero-order chi connectivity index (χ0) is 29.3. The van der Waals surface area contributed by atoms with Crippen LogP contribution in [0.5, 0.6) is 0 Å². The summed E-state index contributed by atoms with van der Waals surface area (Å²) in [4.78, 5) is 28.9. The standard InChI is InChI=1S/C31H38BrN3O4S/c1-23(2)33-31(37)29(21-25-11-6-5-7-12-25)34(22-26-15-17-27(32)18-16-26)30(36)14-9-19-35(40(4,38)39)28-13-8-10-24(3)20-28/h5-8,10-13,15-18,20,23,29H,9,14,19,21-22H2,1-4H3,(H,33,37)/t29-/m1/s1. The van der Waals surface area contributed by atoms with Crippen LogP contribution in [0, 0.1) is 6.92 Å². The Balaban J connectivity index is 1.87. The molecule has 0 aromatic heterocycles. The summed E-state index contributed by atoms with van der Waals surface area (Å²) in [6.45, 7) is 6.10. The number of anilines is 1. The van der Waals surface area contributed by atoms with Gasteiger partial charge in [0.25, 0.3) is 0 Å². The summed E-state index contributed by atoms with van der Waals surface area (Å²) in [5.41, 5.74) is 3.36. The van der Waals surface area contributed by atoms with Gasteiger partial charge in [-0.1, -0.05) is 70.5 Å². The van der Waals surface area contributed by atoms with Gasteiger partial charge in [-0.05, 0) is 68.1 Å². The van der Waals surface area contributed by atoms with E-state index in [0.717, 1.165) is 21.2 Å². The first-order chi connectivity index (χ1) is 18.9. The van der Waals surface area contributed by atoms with Gasteiger partial charge in [-0.3, -0.25) is 13.9 Å². The molecule has 3 rings (SSSR count). The van der Waals surface area contributed by atoms with E-state index in [-0.39, 0.29) is 37.4 Å². The lowest BCUT2D eigenvalue weighted by Gasteiger charge is -2.32. The highest BCUT2D eigenvalue weighted by Gasteiger charge is 2.31. The van der Waals surface area contributed by atoms with E-state index >= 15 is 0 Å². The Hall–Kier alpha value is -3.17. The van der Waals surface area contributed by atoms with Crippen molar-refractivity contribution in [2.45, 2.75) is 58.7 Å². The molecule has 9 heteroatoms. The highest BCUT2D eigenvalue weighted by Crippen LogP contribution is 2.21. The van der Waals surface area contributed by atoms with Crippen LogP contribution in [-0.4, -0.2) is 50.0 Å². The molecule has 0 aliphatic rings. The monoisotopic (exact) mass is 627 g/mol. The first kappa shape index (κ1) is 31.4. The Morgan fingerprint density at radius 2 is 1.60 bits per heavy atom. The topological polar surface area (TPSA) is 86.8 Å². The molecule has 0 heterocycles. The molecule has 1 atom stereocenters. The number of rotatable bonds is 13. The molecule has 2 amide bonds. The van der Waals surface area contributed by atoms with Gasteiger partial charge in [0.05, 0.1) is 11.9 Å². The van der Waals surface area contributed by atoms with Gasteiger partial charge in [0.15, 0.2) is 0 Å². The maximum atomic E-state index is 13.8. The predicted octanol–water partition coefficient (Wildman–Crippen LogP) is 5.47. The molecule has 0 saturated carbocycles. The van der Waals surface area contributed by atoms with Crippen LogP contribution in [0.3, 0.4) is 0 Å². The minimum absolute atomic E-state index is 0.0898. The number of carbonyl (C=O) groups excluding carboxylic acids is 2. The first-order valence-corrected chi connectivity index (χ1v) is 16.0. The Morgan fingerprint density at radius 1 is 0.925 bits per heavy atom. The minimum atomic E-state index is -3.55. The van der Waals surface area contributed by atoms with E-state index in [1.54, 1.807) is 11.0 Å². The minimum Gasteiger partial charge on any atom is -0.352 e. The first-order valence-electron chi connectivity index (χ1n) is 13.4. The fourth-order valence-electron chi connectivity index (χ4n) is 4.51. The van der Waals surface area contributed by atoms with Crippen LogP contribution in [0.25, 0.3) is 0 Å². The van der Waals surface area contributed by atoms with Crippen molar-refractivity contribution in [1.82, 2.24) is 10.2 Å². The molecule has 214 valence electrons. The third kappa shape index (κ3) is 9.48. The van der Waals surface area contributed by atoms with E-state index < -0.39 is 16.1 Å². The van der Waals surface area contributed by atoms with E-state index in [1.165, 1.54) is 10.6 Å². The quantitative estimate of drug-likeness (QED) is 0.272. The molecule has 3 aromatic rings. The molecule has 3 aromatic carbocycles. The molecular weight excluding hydrogens is 590 g/mol. The smallest absolute Gasteiger partial charge is 0.243 e. The van der Waals surface area contributed by atoms with Crippen LogP contribution in [0.2, 0.25) is 0 Å². The molecule has 0 spiro atoms. The van der Waals surface area contributed by atoms with Crippen LogP contribution in [0.1, 0.15) is 43.4 Å². The number of nitrogens with zero attached hydrogens (tertiary/aromatic N) is 2. The van der Waals surface area contributed by atoms with Gasteiger partial charge in [-0.15, -0.1) is 0 Å². The van der Waals surface area contributed by atoms with Crippen molar-refractivity contribution in [3.05, 3.63) is 100 Å². The fraction of sp³-hybridized carbons (Fsp3) is 0.355. The summed E-state index contributed by atoms with van der Waals surface area (Å²) in [6.07, 6.45) is 1.93. The molecule has 1 N–H and O–H groups in total. The number of hydrogen-bond acceptors (Lipinski definition) is 4. The van der Waals surface area contributed by atoms with Crippen molar-refractivity contribution in [2.24, 2.45) is 0 Å². The normalized spacial score (nSPS) is 12.2. The number of carbonyl (C=O) groups is 2. The van der Waals surface area contributed by atoms with E-state index in [4.69, 9.17) is 0 Å². The summed E-state index contributed by atoms with van der Waals surface area (Å²) in [5.74, 6) is -0.428.